The molecule has 24 heavy (non-hydrogen) atoms. The molecular formula is C17H18ClN3O3. The highest BCUT2D eigenvalue weighted by Gasteiger charge is 2.42. The smallest absolute Gasteiger partial charge is 0.311 e. The predicted octanol–water partition coefficient (Wildman–Crippen LogP) is 2.77. The van der Waals surface area contributed by atoms with Gasteiger partial charge in [0, 0.05) is 24.3 Å². The molecule has 1 atom stereocenters. The lowest BCUT2D eigenvalue weighted by atomic mass is 9.90. The van der Waals surface area contributed by atoms with Crippen LogP contribution in [0.2, 0.25) is 5.02 Å². The van der Waals surface area contributed by atoms with E-state index < -0.39 is 11.4 Å². The van der Waals surface area contributed by atoms with Crippen molar-refractivity contribution in [2.75, 3.05) is 13.1 Å². The maximum Gasteiger partial charge on any atom is 0.311 e. The first-order valence-corrected chi connectivity index (χ1v) is 8.03. The van der Waals surface area contributed by atoms with Gasteiger partial charge in [0.1, 0.15) is 0 Å². The zero-order valence-electron chi connectivity index (χ0n) is 13.5. The predicted molar refractivity (Wildman–Crippen MR) is 89.6 cm³/mol. The Morgan fingerprint density at radius 2 is 1.96 bits per heavy atom. The molecule has 1 aromatic carbocycles. The molecule has 126 valence electrons. The van der Waals surface area contributed by atoms with E-state index in [4.69, 9.17) is 11.6 Å². The number of halogens is 1. The van der Waals surface area contributed by atoms with Gasteiger partial charge in [-0.3, -0.25) is 9.59 Å². The van der Waals surface area contributed by atoms with Crippen LogP contribution in [0.5, 0.6) is 0 Å². The van der Waals surface area contributed by atoms with Gasteiger partial charge in [0.15, 0.2) is 0 Å². The fourth-order valence-electron chi connectivity index (χ4n) is 2.88. The highest BCUT2D eigenvalue weighted by Crippen LogP contribution is 2.31. The number of aliphatic carboxylic acids is 1. The molecule has 0 saturated carbocycles. The van der Waals surface area contributed by atoms with Crippen LogP contribution >= 0.6 is 11.6 Å². The molecule has 0 spiro atoms. The van der Waals surface area contributed by atoms with Gasteiger partial charge in [0.2, 0.25) is 0 Å². The van der Waals surface area contributed by atoms with Crippen molar-refractivity contribution in [3.63, 3.8) is 0 Å². The third-order valence-corrected chi connectivity index (χ3v) is 4.75. The van der Waals surface area contributed by atoms with Gasteiger partial charge in [-0.2, -0.15) is 5.10 Å². The molecule has 7 heteroatoms. The number of rotatable bonds is 3. The molecule has 1 aromatic heterocycles. The highest BCUT2D eigenvalue weighted by atomic mass is 35.5. The van der Waals surface area contributed by atoms with E-state index in [1.54, 1.807) is 41.8 Å². The summed E-state index contributed by atoms with van der Waals surface area (Å²) < 4.78 is 1.63. The van der Waals surface area contributed by atoms with E-state index in [0.717, 1.165) is 5.69 Å². The molecule has 1 amide bonds. The second-order valence-corrected chi connectivity index (χ2v) is 6.83. The molecule has 3 rings (SSSR count). The number of carboxylic acids is 1. The number of hydrogen-bond donors (Lipinski definition) is 1. The van der Waals surface area contributed by atoms with E-state index in [2.05, 4.69) is 5.10 Å². The van der Waals surface area contributed by atoms with Crippen molar-refractivity contribution in [1.29, 1.82) is 0 Å². The summed E-state index contributed by atoms with van der Waals surface area (Å²) in [4.78, 5) is 25.7. The number of hydrogen-bond acceptors (Lipinski definition) is 3. The number of likely N-dealkylation sites (tertiary alicyclic amines) is 1. The molecule has 0 radical (unpaired) electrons. The molecule has 1 N–H and O–H groups in total. The minimum atomic E-state index is -0.879. The van der Waals surface area contributed by atoms with Crippen molar-refractivity contribution in [3.8, 4) is 5.69 Å². The molecule has 0 bridgehead atoms. The lowest BCUT2D eigenvalue weighted by Gasteiger charge is -2.19. The SMILES string of the molecule is Cc1nn(-c2ccc(Cl)cc2)cc1C(=O)N1CC[C@@](C)(C(=O)O)C1. The maximum absolute atomic E-state index is 12.7. The summed E-state index contributed by atoms with van der Waals surface area (Å²) in [6.07, 6.45) is 2.13. The van der Waals surface area contributed by atoms with Gasteiger partial charge in [-0.1, -0.05) is 11.6 Å². The molecular weight excluding hydrogens is 330 g/mol. The third-order valence-electron chi connectivity index (χ3n) is 4.50. The maximum atomic E-state index is 12.7. The van der Waals surface area contributed by atoms with E-state index in [-0.39, 0.29) is 12.5 Å². The molecule has 1 aliphatic rings. The topological polar surface area (TPSA) is 75.4 Å². The summed E-state index contributed by atoms with van der Waals surface area (Å²) >= 11 is 5.89. The molecule has 6 nitrogen and oxygen atoms in total. The van der Waals surface area contributed by atoms with E-state index in [1.807, 2.05) is 12.1 Å². The third kappa shape index (κ3) is 2.89. The Hall–Kier alpha value is -2.34. The summed E-state index contributed by atoms with van der Waals surface area (Å²) in [5.41, 5.74) is 1.02. The highest BCUT2D eigenvalue weighted by molar-refractivity contribution is 6.30. The van der Waals surface area contributed by atoms with Crippen LogP contribution in [0.1, 0.15) is 29.4 Å². The number of carboxylic acid groups (broad SMARTS) is 1. The number of amides is 1. The number of nitrogens with zero attached hydrogens (tertiary/aromatic N) is 3. The summed E-state index contributed by atoms with van der Waals surface area (Å²) in [7, 11) is 0. The summed E-state index contributed by atoms with van der Waals surface area (Å²) in [6.45, 7) is 4.10. The van der Waals surface area contributed by atoms with Crippen molar-refractivity contribution >= 4 is 23.5 Å². The average Bonchev–Trinajstić information content (AvgIpc) is 3.12. The van der Waals surface area contributed by atoms with Crippen LogP contribution in [0, 0.1) is 12.3 Å². The second kappa shape index (κ2) is 5.94. The van der Waals surface area contributed by atoms with E-state index in [9.17, 15) is 14.7 Å². The Labute approximate surface area is 144 Å². The first kappa shape index (κ1) is 16.5. The van der Waals surface area contributed by atoms with Crippen LogP contribution in [0.3, 0.4) is 0 Å². The monoisotopic (exact) mass is 347 g/mol. The van der Waals surface area contributed by atoms with Crippen LogP contribution in [0.4, 0.5) is 0 Å². The Morgan fingerprint density at radius 3 is 2.54 bits per heavy atom. The fraction of sp³-hybridized carbons (Fsp3) is 0.353. The summed E-state index contributed by atoms with van der Waals surface area (Å²) in [5.74, 6) is -1.05. The van der Waals surface area contributed by atoms with Crippen LogP contribution in [0.15, 0.2) is 30.5 Å². The minimum absolute atomic E-state index is 0.183. The standard InChI is InChI=1S/C17H18ClN3O3/c1-11-14(9-21(19-11)13-5-3-12(18)4-6-13)15(22)20-8-7-17(2,10-20)16(23)24/h3-6,9H,7-8,10H2,1-2H3,(H,23,24)/t17-/m1/s1. The van der Waals surface area contributed by atoms with Gasteiger partial charge >= 0.3 is 5.97 Å². The van der Waals surface area contributed by atoms with Gasteiger partial charge in [0.25, 0.3) is 5.91 Å². The van der Waals surface area contributed by atoms with Gasteiger partial charge in [0.05, 0.1) is 22.4 Å². The number of carbonyl (C=O) groups excluding carboxylic acids is 1. The molecule has 1 saturated heterocycles. The Bertz CT molecular complexity index is 800. The lowest BCUT2D eigenvalue weighted by Crippen LogP contribution is -2.35. The Kier molecular flexibility index (Phi) is 4.09. The quantitative estimate of drug-likeness (QED) is 0.926. The fourth-order valence-corrected chi connectivity index (χ4v) is 3.00. The largest absolute Gasteiger partial charge is 0.481 e. The summed E-state index contributed by atoms with van der Waals surface area (Å²) in [5, 5.41) is 14.3. The van der Waals surface area contributed by atoms with Crippen LogP contribution in [-0.2, 0) is 4.79 Å². The normalized spacial score (nSPS) is 20.4. The lowest BCUT2D eigenvalue weighted by molar-refractivity contribution is -0.147. The van der Waals surface area contributed by atoms with Gasteiger partial charge in [-0.25, -0.2) is 4.68 Å². The van der Waals surface area contributed by atoms with Gasteiger partial charge in [-0.15, -0.1) is 0 Å². The molecule has 1 aliphatic heterocycles. The van der Waals surface area contributed by atoms with Crippen molar-refractivity contribution in [2.45, 2.75) is 20.3 Å². The first-order chi connectivity index (χ1) is 11.3. The van der Waals surface area contributed by atoms with E-state index in [1.165, 1.54) is 0 Å². The number of carbonyl (C=O) groups is 2. The Morgan fingerprint density at radius 1 is 1.29 bits per heavy atom. The van der Waals surface area contributed by atoms with Crippen molar-refractivity contribution in [2.24, 2.45) is 5.41 Å². The Balaban J connectivity index is 1.84. The number of aromatic nitrogens is 2. The average molecular weight is 348 g/mol. The van der Waals surface area contributed by atoms with Gasteiger partial charge in [-0.05, 0) is 44.5 Å². The zero-order valence-corrected chi connectivity index (χ0v) is 14.2. The zero-order chi connectivity index (χ0) is 17.5. The van der Waals surface area contributed by atoms with Crippen LogP contribution in [-0.4, -0.2) is 44.8 Å². The molecule has 2 aromatic rings. The minimum Gasteiger partial charge on any atom is -0.481 e. The van der Waals surface area contributed by atoms with Crippen molar-refractivity contribution < 1.29 is 14.7 Å². The molecule has 0 unspecified atom stereocenters. The summed E-state index contributed by atoms with van der Waals surface area (Å²) in [6, 6.07) is 7.16. The van der Waals surface area contributed by atoms with Crippen LogP contribution < -0.4 is 0 Å². The van der Waals surface area contributed by atoms with Gasteiger partial charge < -0.3 is 10.0 Å². The van der Waals surface area contributed by atoms with E-state index >= 15 is 0 Å². The van der Waals surface area contributed by atoms with Crippen LogP contribution in [0.25, 0.3) is 5.69 Å². The van der Waals surface area contributed by atoms with Crippen molar-refractivity contribution in [3.05, 3.63) is 46.7 Å². The molecule has 1 fully saturated rings. The number of aryl methyl sites for hydroxylation is 1. The molecule has 2 heterocycles. The second-order valence-electron chi connectivity index (χ2n) is 6.39. The van der Waals surface area contributed by atoms with E-state index in [0.29, 0.717) is 29.2 Å². The first-order valence-electron chi connectivity index (χ1n) is 7.65. The van der Waals surface area contributed by atoms with Crippen molar-refractivity contribution in [1.82, 2.24) is 14.7 Å². The molecule has 0 aliphatic carbocycles. The number of benzene rings is 1.